The molecule has 0 aliphatic carbocycles. The highest BCUT2D eigenvalue weighted by Gasteiger charge is 2.14. The Bertz CT molecular complexity index is 1060. The van der Waals surface area contributed by atoms with E-state index in [2.05, 4.69) is 20.3 Å². The van der Waals surface area contributed by atoms with Crippen LogP contribution in [0.1, 0.15) is 23.1 Å². The molecule has 0 atom stereocenters. The number of nitrogens with two attached hydrogens (primary N) is 1. The fraction of sp³-hybridized carbons (Fsp3) is 0.238. The average Bonchev–Trinajstić information content (AvgIpc) is 2.78. The Labute approximate surface area is 179 Å². The van der Waals surface area contributed by atoms with Gasteiger partial charge >= 0.3 is 5.97 Å². The molecule has 3 N–H and O–H groups in total. The molecule has 0 spiro atoms. The van der Waals surface area contributed by atoms with Crippen LogP contribution < -0.4 is 25.3 Å². The van der Waals surface area contributed by atoms with Gasteiger partial charge in [0.1, 0.15) is 5.75 Å². The van der Waals surface area contributed by atoms with E-state index in [1.807, 2.05) is 19.1 Å². The maximum atomic E-state index is 12.4. The fourth-order valence-electron chi connectivity index (χ4n) is 2.71. The third-order valence-corrected chi connectivity index (χ3v) is 4.08. The summed E-state index contributed by atoms with van der Waals surface area (Å²) in [6, 6.07) is 12.1. The molecule has 0 aliphatic heterocycles. The molecule has 0 fully saturated rings. The molecule has 0 unspecified atom stereocenters. The first-order valence-corrected chi connectivity index (χ1v) is 9.42. The number of hydrogen-bond donors (Lipinski definition) is 2. The van der Waals surface area contributed by atoms with Crippen molar-refractivity contribution < 1.29 is 23.7 Å². The van der Waals surface area contributed by atoms with Crippen LogP contribution in [-0.2, 0) is 11.3 Å². The minimum Gasteiger partial charge on any atom is -0.495 e. The van der Waals surface area contributed by atoms with Crippen molar-refractivity contribution in [2.24, 2.45) is 0 Å². The van der Waals surface area contributed by atoms with Crippen LogP contribution in [-0.4, -0.2) is 41.7 Å². The Morgan fingerprint density at radius 1 is 1.00 bits per heavy atom. The van der Waals surface area contributed by atoms with Crippen molar-refractivity contribution in [1.29, 1.82) is 0 Å². The number of rotatable bonds is 9. The minimum atomic E-state index is -0.570. The number of aromatic nitrogens is 3. The molecule has 162 valence electrons. The number of nitrogen functional groups attached to an aromatic ring is 1. The van der Waals surface area contributed by atoms with Gasteiger partial charge in [0.25, 0.3) is 0 Å². The van der Waals surface area contributed by atoms with Gasteiger partial charge in [-0.25, -0.2) is 4.79 Å². The first-order valence-electron chi connectivity index (χ1n) is 9.42. The Hall–Kier alpha value is -4.08. The highest BCUT2D eigenvalue weighted by molar-refractivity contribution is 5.90. The van der Waals surface area contributed by atoms with E-state index in [0.717, 1.165) is 0 Å². The van der Waals surface area contributed by atoms with E-state index in [0.29, 0.717) is 35.1 Å². The zero-order valence-corrected chi connectivity index (χ0v) is 17.4. The van der Waals surface area contributed by atoms with Crippen molar-refractivity contribution in [3.63, 3.8) is 0 Å². The van der Waals surface area contributed by atoms with Crippen molar-refractivity contribution >= 4 is 23.6 Å². The molecule has 10 heteroatoms. The van der Waals surface area contributed by atoms with Gasteiger partial charge in [0.15, 0.2) is 23.9 Å². The Balaban J connectivity index is 1.71. The lowest BCUT2D eigenvalue weighted by molar-refractivity contribution is 0.0461. The van der Waals surface area contributed by atoms with Gasteiger partial charge < -0.3 is 30.0 Å². The predicted molar refractivity (Wildman–Crippen MR) is 114 cm³/mol. The maximum Gasteiger partial charge on any atom is 0.338 e. The van der Waals surface area contributed by atoms with Crippen LogP contribution in [0.2, 0.25) is 0 Å². The summed E-state index contributed by atoms with van der Waals surface area (Å²) in [4.78, 5) is 24.8. The SMILES string of the molecule is CCOc1ccc(C(=O)OCc2nc(N)nc(Nc3ccccc3OC)n2)cc1OC. The summed E-state index contributed by atoms with van der Waals surface area (Å²) >= 11 is 0. The average molecular weight is 425 g/mol. The van der Waals surface area contributed by atoms with Crippen LogP contribution in [0.4, 0.5) is 17.6 Å². The van der Waals surface area contributed by atoms with Gasteiger partial charge in [-0.15, -0.1) is 0 Å². The Morgan fingerprint density at radius 3 is 2.52 bits per heavy atom. The molecule has 0 saturated carbocycles. The molecule has 0 bridgehead atoms. The molecule has 31 heavy (non-hydrogen) atoms. The third kappa shape index (κ3) is 5.50. The van der Waals surface area contributed by atoms with Gasteiger partial charge in [0, 0.05) is 0 Å². The summed E-state index contributed by atoms with van der Waals surface area (Å²) in [6.07, 6.45) is 0. The molecule has 2 aromatic carbocycles. The largest absolute Gasteiger partial charge is 0.495 e. The van der Waals surface area contributed by atoms with Crippen LogP contribution in [0.5, 0.6) is 17.2 Å². The van der Waals surface area contributed by atoms with Crippen LogP contribution >= 0.6 is 0 Å². The van der Waals surface area contributed by atoms with E-state index in [1.54, 1.807) is 37.4 Å². The summed E-state index contributed by atoms with van der Waals surface area (Å²) in [6.45, 7) is 2.15. The van der Waals surface area contributed by atoms with Gasteiger partial charge in [0.2, 0.25) is 11.9 Å². The molecule has 3 aromatic rings. The molecule has 1 aromatic heterocycles. The third-order valence-electron chi connectivity index (χ3n) is 4.08. The predicted octanol–water partition coefficient (Wildman–Crippen LogP) is 2.97. The lowest BCUT2D eigenvalue weighted by atomic mass is 10.2. The maximum absolute atomic E-state index is 12.4. The van der Waals surface area contributed by atoms with Crippen molar-refractivity contribution in [2.45, 2.75) is 13.5 Å². The lowest BCUT2D eigenvalue weighted by Gasteiger charge is -2.12. The molecule has 0 radical (unpaired) electrons. The van der Waals surface area contributed by atoms with E-state index < -0.39 is 5.97 Å². The molecule has 0 amide bonds. The molecule has 1 heterocycles. The topological polar surface area (TPSA) is 131 Å². The number of esters is 1. The van der Waals surface area contributed by atoms with E-state index in [1.165, 1.54) is 7.11 Å². The number of carbonyl (C=O) groups is 1. The number of anilines is 3. The first kappa shape index (κ1) is 21.6. The minimum absolute atomic E-state index is 0.0128. The molecule has 10 nitrogen and oxygen atoms in total. The number of para-hydroxylation sites is 2. The van der Waals surface area contributed by atoms with Gasteiger partial charge in [-0.05, 0) is 37.3 Å². The van der Waals surface area contributed by atoms with E-state index in [4.69, 9.17) is 24.7 Å². The first-order chi connectivity index (χ1) is 15.0. The van der Waals surface area contributed by atoms with Crippen LogP contribution in [0, 0.1) is 0 Å². The van der Waals surface area contributed by atoms with Gasteiger partial charge in [-0.2, -0.15) is 15.0 Å². The van der Waals surface area contributed by atoms with E-state index >= 15 is 0 Å². The molecule has 0 aliphatic rings. The number of benzene rings is 2. The van der Waals surface area contributed by atoms with Gasteiger partial charge in [-0.3, -0.25) is 0 Å². The molecular formula is C21H23N5O5. The van der Waals surface area contributed by atoms with Crippen molar-refractivity contribution in [1.82, 2.24) is 15.0 Å². The standard InChI is InChI=1S/C21H23N5O5/c1-4-30-16-10-9-13(11-17(16)29-3)19(27)31-12-18-24-20(22)26-21(25-18)23-14-7-5-6-8-15(14)28-2/h5-11H,4,12H2,1-3H3,(H3,22,23,24,25,26). The summed E-state index contributed by atoms with van der Waals surface area (Å²) in [5, 5.41) is 3.02. The number of nitrogens with zero attached hydrogens (tertiary/aromatic N) is 3. The zero-order valence-electron chi connectivity index (χ0n) is 17.4. The second-order valence-corrected chi connectivity index (χ2v) is 6.13. The monoisotopic (exact) mass is 425 g/mol. The zero-order chi connectivity index (χ0) is 22.2. The summed E-state index contributed by atoms with van der Waals surface area (Å²) in [7, 11) is 3.06. The van der Waals surface area contributed by atoms with E-state index in [-0.39, 0.29) is 24.3 Å². The van der Waals surface area contributed by atoms with Crippen LogP contribution in [0.3, 0.4) is 0 Å². The number of carbonyl (C=O) groups excluding carboxylic acids is 1. The Morgan fingerprint density at radius 2 is 1.77 bits per heavy atom. The number of hydrogen-bond acceptors (Lipinski definition) is 10. The van der Waals surface area contributed by atoms with Crippen LogP contribution in [0.15, 0.2) is 42.5 Å². The molecular weight excluding hydrogens is 402 g/mol. The highest BCUT2D eigenvalue weighted by Crippen LogP contribution is 2.28. The van der Waals surface area contributed by atoms with E-state index in [9.17, 15) is 4.79 Å². The lowest BCUT2D eigenvalue weighted by Crippen LogP contribution is -2.11. The fourth-order valence-corrected chi connectivity index (χ4v) is 2.71. The number of ether oxygens (including phenoxy) is 4. The number of nitrogens with one attached hydrogen (secondary N) is 1. The number of methoxy groups -OCH3 is 2. The second kappa shape index (κ2) is 10.1. The highest BCUT2D eigenvalue weighted by atomic mass is 16.5. The summed E-state index contributed by atoms with van der Waals surface area (Å²) in [5.41, 5.74) is 6.73. The summed E-state index contributed by atoms with van der Waals surface area (Å²) < 4.78 is 21.3. The van der Waals surface area contributed by atoms with Crippen LogP contribution in [0.25, 0.3) is 0 Å². The quantitative estimate of drug-likeness (QED) is 0.493. The molecule has 0 saturated heterocycles. The smallest absolute Gasteiger partial charge is 0.338 e. The second-order valence-electron chi connectivity index (χ2n) is 6.13. The Kier molecular flexibility index (Phi) is 7.05. The molecule has 3 rings (SSSR count). The van der Waals surface area contributed by atoms with Crippen molar-refractivity contribution in [2.75, 3.05) is 31.9 Å². The summed E-state index contributed by atoms with van der Waals surface area (Å²) in [5.74, 6) is 1.39. The van der Waals surface area contributed by atoms with Crippen molar-refractivity contribution in [3.05, 3.63) is 53.9 Å². The van der Waals surface area contributed by atoms with Gasteiger partial charge in [-0.1, -0.05) is 12.1 Å². The van der Waals surface area contributed by atoms with Crippen molar-refractivity contribution in [3.8, 4) is 17.2 Å². The van der Waals surface area contributed by atoms with Gasteiger partial charge in [0.05, 0.1) is 32.1 Å². The normalized spacial score (nSPS) is 10.3.